The van der Waals surface area contributed by atoms with Crippen LogP contribution in [0.5, 0.6) is 0 Å². The number of benzene rings is 2. The van der Waals surface area contributed by atoms with Gasteiger partial charge >= 0.3 is 0 Å². The highest BCUT2D eigenvalue weighted by Gasteiger charge is 2.59. The van der Waals surface area contributed by atoms with E-state index in [0.29, 0.717) is 18.5 Å². The van der Waals surface area contributed by atoms with Crippen molar-refractivity contribution in [2.75, 3.05) is 5.32 Å². The molecule has 0 saturated heterocycles. The SMILES string of the molecule is Cc1cccnc1[C@H](O)C1(O)[C@@H]2CC[C@H]1CC(S(=O)(=O)c1cc(C(=O)Nc3ccc(F)c(F)c3)ccc1Cl)C2. The third-order valence-electron chi connectivity index (χ3n) is 8.13. The molecule has 1 heterocycles. The predicted octanol–water partition coefficient (Wildman–Crippen LogP) is 5.00. The van der Waals surface area contributed by atoms with Gasteiger partial charge in [-0.3, -0.25) is 9.78 Å². The summed E-state index contributed by atoms with van der Waals surface area (Å²) in [6.07, 6.45) is 1.62. The van der Waals surface area contributed by atoms with Crippen molar-refractivity contribution in [3.05, 3.63) is 88.2 Å². The van der Waals surface area contributed by atoms with E-state index in [0.717, 1.165) is 17.7 Å². The maximum Gasteiger partial charge on any atom is 0.255 e. The Hall–Kier alpha value is -2.92. The number of aromatic nitrogens is 1. The lowest BCUT2D eigenvalue weighted by atomic mass is 9.70. The molecule has 2 saturated carbocycles. The van der Waals surface area contributed by atoms with E-state index in [-0.39, 0.29) is 34.0 Å². The number of carbonyl (C=O) groups is 1. The van der Waals surface area contributed by atoms with E-state index < -0.39 is 56.2 Å². The van der Waals surface area contributed by atoms with E-state index in [1.165, 1.54) is 24.3 Å². The highest BCUT2D eigenvalue weighted by molar-refractivity contribution is 7.92. The Kier molecular flexibility index (Phi) is 7.26. The Morgan fingerprint density at radius 2 is 1.79 bits per heavy atom. The van der Waals surface area contributed by atoms with E-state index in [9.17, 15) is 32.2 Å². The van der Waals surface area contributed by atoms with Gasteiger partial charge in [0.2, 0.25) is 0 Å². The molecule has 3 N–H and O–H groups in total. The number of aliphatic hydroxyl groups excluding tert-OH is 1. The number of aliphatic hydroxyl groups is 2. The van der Waals surface area contributed by atoms with Crippen LogP contribution >= 0.6 is 11.6 Å². The molecule has 2 unspecified atom stereocenters. The molecule has 0 aliphatic heterocycles. The van der Waals surface area contributed by atoms with Crippen molar-refractivity contribution < 1.29 is 32.2 Å². The average Bonchev–Trinajstić information content (AvgIpc) is 3.06. The second-order valence-electron chi connectivity index (χ2n) is 10.3. The number of rotatable bonds is 6. The standard InChI is InChI=1S/C28H27ClF2N2O5S/c1-15-3-2-10-32-25(15)26(34)28(36)17-5-6-18(28)13-20(12-17)39(37,38)24-11-16(4-8-21(24)29)27(35)33-19-7-9-22(30)23(31)14-19/h2-4,7-11,14,17-18,20,26,34,36H,5-6,12-13H2,1H3,(H,33,35)/t17-,18+,20?,26-,28?/m0/s1. The Morgan fingerprint density at radius 1 is 1.10 bits per heavy atom. The van der Waals surface area contributed by atoms with Crippen LogP contribution < -0.4 is 5.32 Å². The molecule has 5 rings (SSSR count). The summed E-state index contributed by atoms with van der Waals surface area (Å²) >= 11 is 6.30. The normalized spacial score (nSPS) is 25.3. The molecule has 1 aromatic heterocycles. The maximum atomic E-state index is 13.8. The van der Waals surface area contributed by atoms with Gasteiger partial charge < -0.3 is 15.5 Å². The summed E-state index contributed by atoms with van der Waals surface area (Å²) in [6, 6.07) is 10.2. The average molecular weight is 577 g/mol. The molecule has 0 radical (unpaired) electrons. The summed E-state index contributed by atoms with van der Waals surface area (Å²) in [7, 11) is -4.04. The molecule has 2 aromatic carbocycles. The van der Waals surface area contributed by atoms with E-state index in [2.05, 4.69) is 10.3 Å². The predicted molar refractivity (Wildman–Crippen MR) is 141 cm³/mol. The fraction of sp³-hybridized carbons (Fsp3) is 0.357. The largest absolute Gasteiger partial charge is 0.386 e. The minimum Gasteiger partial charge on any atom is -0.386 e. The number of nitrogens with one attached hydrogen (secondary N) is 1. The first kappa shape index (κ1) is 27.6. The molecule has 2 fully saturated rings. The molecule has 2 bridgehead atoms. The maximum absolute atomic E-state index is 13.8. The van der Waals surface area contributed by atoms with Crippen molar-refractivity contribution in [2.45, 2.75) is 54.5 Å². The van der Waals surface area contributed by atoms with E-state index >= 15 is 0 Å². The summed E-state index contributed by atoms with van der Waals surface area (Å²) in [5, 5.41) is 24.4. The number of anilines is 1. The van der Waals surface area contributed by atoms with Crippen LogP contribution in [0.3, 0.4) is 0 Å². The Labute approximate surface area is 229 Å². The number of hydrogen-bond acceptors (Lipinski definition) is 6. The first-order valence-corrected chi connectivity index (χ1v) is 14.5. The summed E-state index contributed by atoms with van der Waals surface area (Å²) in [5.74, 6) is -3.88. The van der Waals surface area contributed by atoms with Gasteiger partial charge in [-0.2, -0.15) is 0 Å². The van der Waals surface area contributed by atoms with Gasteiger partial charge in [-0.25, -0.2) is 17.2 Å². The minimum atomic E-state index is -4.04. The van der Waals surface area contributed by atoms with E-state index in [1.807, 2.05) is 0 Å². The molecular weight excluding hydrogens is 550 g/mol. The molecule has 5 atom stereocenters. The zero-order chi connectivity index (χ0) is 28.1. The summed E-state index contributed by atoms with van der Waals surface area (Å²) in [6.45, 7) is 1.80. The lowest BCUT2D eigenvalue weighted by Gasteiger charge is -2.45. The second kappa shape index (κ2) is 10.2. The van der Waals surface area contributed by atoms with Crippen molar-refractivity contribution in [3.63, 3.8) is 0 Å². The van der Waals surface area contributed by atoms with Crippen LogP contribution in [-0.4, -0.2) is 40.4 Å². The first-order valence-electron chi connectivity index (χ1n) is 12.5. The molecule has 11 heteroatoms. The van der Waals surface area contributed by atoms with Crippen molar-refractivity contribution >= 4 is 33.0 Å². The molecule has 2 aliphatic rings. The second-order valence-corrected chi connectivity index (χ2v) is 12.9. The Bertz CT molecular complexity index is 1540. The fourth-order valence-electron chi connectivity index (χ4n) is 6.06. The summed E-state index contributed by atoms with van der Waals surface area (Å²) < 4.78 is 54.3. The summed E-state index contributed by atoms with van der Waals surface area (Å²) in [4.78, 5) is 16.8. The highest BCUT2D eigenvalue weighted by atomic mass is 35.5. The van der Waals surface area contributed by atoms with Crippen LogP contribution in [0.1, 0.15) is 53.4 Å². The number of pyridine rings is 1. The number of hydrogen-bond donors (Lipinski definition) is 3. The first-order chi connectivity index (χ1) is 18.4. The quantitative estimate of drug-likeness (QED) is 0.380. The zero-order valence-corrected chi connectivity index (χ0v) is 22.5. The number of nitrogens with zero attached hydrogens (tertiary/aromatic N) is 1. The Balaban J connectivity index is 1.39. The number of sulfone groups is 1. The van der Waals surface area contributed by atoms with Gasteiger partial charge in [0.15, 0.2) is 21.5 Å². The highest BCUT2D eigenvalue weighted by Crippen LogP contribution is 2.56. The molecule has 2 aliphatic carbocycles. The van der Waals surface area contributed by atoms with Crippen LogP contribution in [-0.2, 0) is 9.84 Å². The lowest BCUT2D eigenvalue weighted by molar-refractivity contribution is -0.146. The van der Waals surface area contributed by atoms with E-state index in [1.54, 1.807) is 25.3 Å². The van der Waals surface area contributed by atoms with Gasteiger partial charge in [0, 0.05) is 23.5 Å². The third-order valence-corrected chi connectivity index (χ3v) is 10.8. The Morgan fingerprint density at radius 3 is 2.44 bits per heavy atom. The van der Waals surface area contributed by atoms with Gasteiger partial charge in [0.1, 0.15) is 11.7 Å². The zero-order valence-electron chi connectivity index (χ0n) is 20.9. The van der Waals surface area contributed by atoms with Gasteiger partial charge in [-0.05, 0) is 86.4 Å². The molecule has 1 amide bonds. The molecule has 3 aromatic rings. The number of fused-ring (bicyclic) bond motifs is 2. The van der Waals surface area contributed by atoms with Crippen LogP contribution in [0.4, 0.5) is 14.5 Å². The number of halogens is 3. The van der Waals surface area contributed by atoms with E-state index in [4.69, 9.17) is 11.6 Å². The van der Waals surface area contributed by atoms with Crippen molar-refractivity contribution in [1.82, 2.24) is 4.98 Å². The van der Waals surface area contributed by atoms with Crippen LogP contribution in [0.2, 0.25) is 5.02 Å². The van der Waals surface area contributed by atoms with Crippen molar-refractivity contribution in [1.29, 1.82) is 0 Å². The van der Waals surface area contributed by atoms with Crippen molar-refractivity contribution in [2.24, 2.45) is 11.8 Å². The fourth-order valence-corrected chi connectivity index (χ4v) is 8.47. The smallest absolute Gasteiger partial charge is 0.255 e. The lowest BCUT2D eigenvalue weighted by Crippen LogP contribution is -2.52. The molecular formula is C28H27ClF2N2O5S. The van der Waals surface area contributed by atoms with Crippen LogP contribution in [0.25, 0.3) is 0 Å². The molecule has 206 valence electrons. The van der Waals surface area contributed by atoms with Gasteiger partial charge in [0.05, 0.1) is 20.9 Å². The molecule has 0 spiro atoms. The molecule has 39 heavy (non-hydrogen) atoms. The van der Waals surface area contributed by atoms with Gasteiger partial charge in [-0.1, -0.05) is 17.7 Å². The third kappa shape index (κ3) is 4.84. The monoisotopic (exact) mass is 576 g/mol. The number of carbonyl (C=O) groups excluding carboxylic acids is 1. The topological polar surface area (TPSA) is 117 Å². The number of amides is 1. The minimum absolute atomic E-state index is 0.00287. The van der Waals surface area contributed by atoms with Gasteiger partial charge in [0.25, 0.3) is 5.91 Å². The number of aryl methyl sites for hydroxylation is 1. The van der Waals surface area contributed by atoms with Crippen LogP contribution in [0.15, 0.2) is 59.6 Å². The summed E-state index contributed by atoms with van der Waals surface area (Å²) in [5.41, 5.74) is -0.429. The molecule has 7 nitrogen and oxygen atoms in total. The van der Waals surface area contributed by atoms with Crippen LogP contribution in [0, 0.1) is 30.4 Å². The van der Waals surface area contributed by atoms with Gasteiger partial charge in [-0.15, -0.1) is 0 Å². The van der Waals surface area contributed by atoms with Crippen molar-refractivity contribution in [3.8, 4) is 0 Å².